The first-order chi connectivity index (χ1) is 23.4. The molecule has 0 saturated carbocycles. The summed E-state index contributed by atoms with van der Waals surface area (Å²) in [4.78, 5) is 22.8. The fraction of sp³-hybridized carbons (Fsp3) is 0.211. The van der Waals surface area contributed by atoms with Gasteiger partial charge in [-0.3, -0.25) is 14.6 Å². The van der Waals surface area contributed by atoms with E-state index >= 15 is 0 Å². The van der Waals surface area contributed by atoms with Crippen LogP contribution in [0.5, 0.6) is 0 Å². The van der Waals surface area contributed by atoms with Crippen molar-refractivity contribution >= 4 is 106 Å². The minimum Gasteiger partial charge on any atom is -1.00 e. The van der Waals surface area contributed by atoms with Crippen LogP contribution >= 0.6 is 55.1 Å². The molecule has 52 heavy (non-hydrogen) atoms. The Balaban J connectivity index is 0.000000220. The van der Waals surface area contributed by atoms with Crippen molar-refractivity contribution < 1.29 is 35.7 Å². The van der Waals surface area contributed by atoms with Crippen molar-refractivity contribution in [3.8, 4) is 0 Å². The van der Waals surface area contributed by atoms with Crippen molar-refractivity contribution in [1.29, 1.82) is 0 Å². The molecule has 0 fully saturated rings. The largest absolute Gasteiger partial charge is 2.00 e. The van der Waals surface area contributed by atoms with Gasteiger partial charge in [0.15, 0.2) is 17.4 Å². The Kier molecular flexibility index (Phi) is 14.3. The molecule has 0 saturated heterocycles. The first-order valence-corrected chi connectivity index (χ1v) is 17.9. The standard InChI is InChI=1S/C19H17BrClFN2O.C18H13BrClFN2O.CH3.BrH.Mg/c1-19(25)10-24(8-11-5-3-2-4-6-11)9-12-15-13(20)7-14(21)16(22)17(15)23-18(12)19;19-12-6-13(20)16(21)18-15(12)11-8-23(9-14(24)17(11)22-18)7-10-4-2-1-3-5-10;;;/h2-7,23,25H,8-10H2,1H3;1-6,22H,7-9H2;1H3;1H;/q;;-1;;+2/p-1. The number of hydrogen-bond donors (Lipinski definition) is 3. The number of carbonyl (C=O) groups is 1. The van der Waals surface area contributed by atoms with Crippen LogP contribution in [0.4, 0.5) is 8.78 Å². The smallest absolute Gasteiger partial charge is 1.00 e. The predicted molar refractivity (Wildman–Crippen MR) is 209 cm³/mol. The van der Waals surface area contributed by atoms with E-state index in [1.807, 2.05) is 48.5 Å². The van der Waals surface area contributed by atoms with Gasteiger partial charge in [-0.15, -0.1) is 0 Å². The number of Topliss-reactive ketones (excluding diaryl/α,β-unsaturated/α-hetero) is 1. The van der Waals surface area contributed by atoms with E-state index in [0.717, 1.165) is 33.1 Å². The summed E-state index contributed by atoms with van der Waals surface area (Å²) in [6.45, 7) is 5.13. The van der Waals surface area contributed by atoms with Crippen molar-refractivity contribution in [2.75, 3.05) is 13.1 Å². The molecular weight excluding hydrogens is 917 g/mol. The molecule has 268 valence electrons. The Labute approximate surface area is 354 Å². The van der Waals surface area contributed by atoms with Gasteiger partial charge in [-0.1, -0.05) is 116 Å². The molecule has 4 heterocycles. The van der Waals surface area contributed by atoms with E-state index in [9.17, 15) is 18.7 Å². The van der Waals surface area contributed by atoms with Gasteiger partial charge in [0.2, 0.25) is 0 Å². The van der Waals surface area contributed by atoms with Crippen molar-refractivity contribution in [2.24, 2.45) is 0 Å². The number of nitrogens with zero attached hydrogens (tertiary/aromatic N) is 2. The molecule has 0 bridgehead atoms. The number of ketones is 1. The number of H-pyrrole nitrogens is 2. The van der Waals surface area contributed by atoms with Gasteiger partial charge in [-0.05, 0) is 35.7 Å². The van der Waals surface area contributed by atoms with Crippen LogP contribution in [0, 0.1) is 19.1 Å². The molecule has 3 N–H and O–H groups in total. The van der Waals surface area contributed by atoms with E-state index in [1.54, 1.807) is 13.0 Å². The van der Waals surface area contributed by atoms with Crippen LogP contribution in [0.3, 0.4) is 0 Å². The Morgan fingerprint density at radius 2 is 1.25 bits per heavy atom. The van der Waals surface area contributed by atoms with E-state index in [2.05, 4.69) is 63.8 Å². The molecule has 0 spiro atoms. The van der Waals surface area contributed by atoms with Crippen molar-refractivity contribution in [3.63, 3.8) is 0 Å². The molecule has 2 aromatic heterocycles. The summed E-state index contributed by atoms with van der Waals surface area (Å²) in [5.74, 6) is -1.04. The monoisotopic (exact) mass is 946 g/mol. The molecule has 6 nitrogen and oxygen atoms in total. The quantitative estimate of drug-likeness (QED) is 0.102. The molecule has 0 aliphatic carbocycles. The van der Waals surface area contributed by atoms with E-state index < -0.39 is 17.2 Å². The number of aliphatic hydroxyl groups is 1. The van der Waals surface area contributed by atoms with Gasteiger partial charge in [0.1, 0.15) is 5.60 Å². The first kappa shape index (κ1) is 42.9. The number of aromatic amines is 2. The van der Waals surface area contributed by atoms with E-state index in [4.69, 9.17) is 23.2 Å². The molecule has 4 aromatic carbocycles. The third kappa shape index (κ3) is 8.36. The van der Waals surface area contributed by atoms with Crippen LogP contribution in [-0.2, 0) is 31.8 Å². The van der Waals surface area contributed by atoms with Crippen LogP contribution in [0.2, 0.25) is 10.0 Å². The van der Waals surface area contributed by atoms with Crippen LogP contribution in [0.25, 0.3) is 21.8 Å². The number of halogens is 7. The first-order valence-electron chi connectivity index (χ1n) is 15.6. The molecule has 6 aromatic rings. The molecule has 2 aliphatic heterocycles. The average molecular weight is 951 g/mol. The number of carbonyl (C=O) groups excluding carboxylic acids is 1. The van der Waals surface area contributed by atoms with Crippen LogP contribution < -0.4 is 17.0 Å². The molecule has 14 heteroatoms. The number of fused-ring (bicyclic) bond motifs is 6. The number of aromatic nitrogens is 2. The van der Waals surface area contributed by atoms with Gasteiger partial charge >= 0.3 is 23.1 Å². The third-order valence-electron chi connectivity index (χ3n) is 9.03. The Bertz CT molecular complexity index is 2240. The topological polar surface area (TPSA) is 75.4 Å². The SMILES string of the molecule is CC1(O)CN(Cc2ccccc2)Cc2c1[nH]c1c(F)c(Cl)cc(Br)c21.O=C1CN(Cc2ccccc2)Cc2c1[nH]c1c(F)c(Cl)cc(Br)c21.[Br-].[CH3-].[Mg+2]. The summed E-state index contributed by atoms with van der Waals surface area (Å²) in [6, 6.07) is 23.2. The molecule has 1 unspecified atom stereocenters. The second-order valence-corrected chi connectivity index (χ2v) is 15.2. The molecule has 0 amide bonds. The second kappa shape index (κ2) is 17.3. The zero-order valence-corrected chi connectivity index (χ0v) is 36.0. The minimum absolute atomic E-state index is 0. The van der Waals surface area contributed by atoms with Gasteiger partial charge in [0.05, 0.1) is 39.0 Å². The Hall–Kier alpha value is -1.84. The Morgan fingerprint density at radius 1 is 0.788 bits per heavy atom. The van der Waals surface area contributed by atoms with Gasteiger partial charge in [-0.25, -0.2) is 8.78 Å². The number of β-amino-alcohol motifs (C(OH)–C–C–N with tert-alkyl or cyclic N) is 1. The maximum absolute atomic E-state index is 14.5. The van der Waals surface area contributed by atoms with Crippen molar-refractivity contribution in [2.45, 2.75) is 38.7 Å². The predicted octanol–water partition coefficient (Wildman–Crippen LogP) is 6.94. The summed E-state index contributed by atoms with van der Waals surface area (Å²) in [6.07, 6.45) is 0. The summed E-state index contributed by atoms with van der Waals surface area (Å²) in [5.41, 5.74) is 4.71. The van der Waals surface area contributed by atoms with Crippen molar-refractivity contribution in [3.05, 3.63) is 144 Å². The molecule has 0 radical (unpaired) electrons. The third-order valence-corrected chi connectivity index (χ3v) is 10.8. The summed E-state index contributed by atoms with van der Waals surface area (Å²) < 4.78 is 30.2. The summed E-state index contributed by atoms with van der Waals surface area (Å²) >= 11 is 18.8. The second-order valence-electron chi connectivity index (χ2n) is 12.7. The molecule has 2 aliphatic rings. The molecule has 8 rings (SSSR count). The van der Waals surface area contributed by atoms with Crippen LogP contribution in [-0.4, -0.2) is 66.8 Å². The van der Waals surface area contributed by atoms with Crippen molar-refractivity contribution in [1.82, 2.24) is 19.8 Å². The Morgan fingerprint density at radius 3 is 1.79 bits per heavy atom. The maximum atomic E-state index is 14.5. The average Bonchev–Trinajstić information content (AvgIpc) is 3.65. The van der Waals surface area contributed by atoms with E-state index in [1.165, 1.54) is 11.6 Å². The van der Waals surface area contributed by atoms with Crippen LogP contribution in [0.15, 0.2) is 81.7 Å². The van der Waals surface area contributed by atoms with Crippen LogP contribution in [0.1, 0.15) is 45.4 Å². The summed E-state index contributed by atoms with van der Waals surface area (Å²) in [5, 5.41) is 12.5. The number of nitrogens with one attached hydrogen (secondary N) is 2. The van der Waals surface area contributed by atoms with Gasteiger partial charge in [0.25, 0.3) is 0 Å². The maximum Gasteiger partial charge on any atom is 2.00 e. The van der Waals surface area contributed by atoms with Gasteiger partial charge in [0, 0.05) is 58.0 Å². The van der Waals surface area contributed by atoms with E-state index in [-0.39, 0.29) is 68.8 Å². The van der Waals surface area contributed by atoms with Gasteiger partial charge < -0.3 is 39.5 Å². The number of rotatable bonds is 4. The van der Waals surface area contributed by atoms with Gasteiger partial charge in [-0.2, -0.15) is 0 Å². The molecule has 1 atom stereocenters. The fourth-order valence-electron chi connectivity index (χ4n) is 6.94. The zero-order valence-electron chi connectivity index (χ0n) is 28.3. The van der Waals surface area contributed by atoms with E-state index in [0.29, 0.717) is 59.5 Å². The fourth-order valence-corrected chi connectivity index (χ4v) is 8.95. The number of benzene rings is 4. The minimum atomic E-state index is -1.10. The normalized spacial score (nSPS) is 17.0. The summed E-state index contributed by atoms with van der Waals surface area (Å²) in [7, 11) is 0. The number of hydrogen-bond acceptors (Lipinski definition) is 4. The molecular formula is C38H33Br3Cl2F2MgN4O2. The zero-order chi connectivity index (χ0) is 34.6.